The van der Waals surface area contributed by atoms with Crippen LogP contribution in [0, 0.1) is 21.6 Å². The molecule has 6 aromatic rings. The van der Waals surface area contributed by atoms with Crippen molar-refractivity contribution in [1.82, 2.24) is 30.0 Å². The van der Waals surface area contributed by atoms with Gasteiger partial charge in [0, 0.05) is 23.6 Å². The zero-order valence-electron chi connectivity index (χ0n) is 30.5. The molecular weight excluding hydrogens is 605 g/mol. The topological polar surface area (TPSA) is 109 Å². The number of hydrogen-bond donors (Lipinski definition) is 2. The lowest BCUT2D eigenvalue weighted by Gasteiger charge is -2.40. The van der Waals surface area contributed by atoms with Crippen LogP contribution in [0.5, 0.6) is 0 Å². The Bertz CT molecular complexity index is 1990. The summed E-state index contributed by atoms with van der Waals surface area (Å²) in [6.07, 6.45) is 3.32. The van der Waals surface area contributed by atoms with E-state index in [9.17, 15) is 0 Å². The molecule has 6 rings (SSSR count). The molecule has 0 spiro atoms. The van der Waals surface area contributed by atoms with Crippen molar-refractivity contribution in [3.63, 3.8) is 0 Å². The minimum Gasteiger partial charge on any atom is -0.308 e. The van der Waals surface area contributed by atoms with Crippen molar-refractivity contribution in [2.24, 2.45) is 10.8 Å². The molecule has 2 heterocycles. The van der Waals surface area contributed by atoms with Crippen LogP contribution in [0.25, 0.3) is 33.4 Å². The number of nitrogens with one attached hydrogen (secondary N) is 2. The second-order valence-electron chi connectivity index (χ2n) is 16.3. The van der Waals surface area contributed by atoms with Gasteiger partial charge in [-0.2, -0.15) is 0 Å². The Morgan fingerprint density at radius 1 is 0.510 bits per heavy atom. The molecule has 0 aliphatic heterocycles. The van der Waals surface area contributed by atoms with Crippen LogP contribution in [-0.4, -0.2) is 42.4 Å². The highest BCUT2D eigenvalue weighted by molar-refractivity contribution is 5.88. The highest BCUT2D eigenvalue weighted by Gasteiger charge is 2.37. The highest BCUT2D eigenvalue weighted by atomic mass is 15.5. The Balaban J connectivity index is 1.64. The maximum absolute atomic E-state index is 8.72. The normalized spacial score (nSPS) is 12.9. The standard InChI is InChI=1S/C41H48N8/c1-38(2,3)40(7,8)28-20-26(30(24-42)36(22-28)48-44-32-15-11-12-16-33(32)45-48)19-27-21-29(41(9,10)39(4,5)6)23-37(31(27)25-43)49-46-34-17-13-14-18-35(34)47-49/h11-18,20-25,42-43H,19H2,1-10H3. The number of nitrogens with zero attached hydrogens (tertiary/aromatic N) is 6. The Morgan fingerprint density at radius 2 is 0.816 bits per heavy atom. The van der Waals surface area contributed by atoms with Crippen LogP contribution in [0.4, 0.5) is 0 Å². The Labute approximate surface area is 289 Å². The van der Waals surface area contributed by atoms with Gasteiger partial charge in [0.2, 0.25) is 0 Å². The summed E-state index contributed by atoms with van der Waals surface area (Å²) in [5.41, 5.74) is 9.85. The van der Waals surface area contributed by atoms with E-state index in [0.29, 0.717) is 6.42 Å². The van der Waals surface area contributed by atoms with E-state index in [1.54, 1.807) is 9.59 Å². The number of benzene rings is 4. The molecular formula is C41H48N8. The molecule has 0 unspecified atom stereocenters. The Morgan fingerprint density at radius 3 is 1.08 bits per heavy atom. The fraction of sp³-hybridized carbons (Fsp3) is 0.366. The first-order valence-electron chi connectivity index (χ1n) is 17.0. The fourth-order valence-corrected chi connectivity index (χ4v) is 6.08. The number of aromatic nitrogens is 6. The summed E-state index contributed by atoms with van der Waals surface area (Å²) in [5.74, 6) is 0. The fourth-order valence-electron chi connectivity index (χ4n) is 6.08. The van der Waals surface area contributed by atoms with Gasteiger partial charge < -0.3 is 10.8 Å². The lowest BCUT2D eigenvalue weighted by atomic mass is 9.64. The van der Waals surface area contributed by atoms with E-state index in [-0.39, 0.29) is 21.7 Å². The van der Waals surface area contributed by atoms with Gasteiger partial charge in [-0.05, 0) is 86.7 Å². The molecule has 8 heteroatoms. The van der Waals surface area contributed by atoms with Crippen LogP contribution in [0.15, 0.2) is 72.8 Å². The second-order valence-corrected chi connectivity index (χ2v) is 16.3. The molecule has 8 nitrogen and oxygen atoms in total. The maximum atomic E-state index is 8.72. The zero-order valence-corrected chi connectivity index (χ0v) is 30.5. The molecule has 0 radical (unpaired) electrons. The third-order valence-electron chi connectivity index (χ3n) is 11.4. The molecule has 0 amide bonds. The van der Waals surface area contributed by atoms with Crippen molar-refractivity contribution in [3.8, 4) is 11.4 Å². The van der Waals surface area contributed by atoms with E-state index in [0.717, 1.165) is 66.8 Å². The van der Waals surface area contributed by atoms with Crippen LogP contribution in [0.1, 0.15) is 103 Å². The van der Waals surface area contributed by atoms with Crippen molar-refractivity contribution >= 4 is 34.5 Å². The van der Waals surface area contributed by atoms with Gasteiger partial charge in [0.15, 0.2) is 0 Å². The molecule has 0 aliphatic rings. The summed E-state index contributed by atoms with van der Waals surface area (Å²) >= 11 is 0. The van der Waals surface area contributed by atoms with Gasteiger partial charge in [-0.15, -0.1) is 30.0 Å². The first-order valence-corrected chi connectivity index (χ1v) is 17.0. The van der Waals surface area contributed by atoms with Crippen molar-refractivity contribution < 1.29 is 0 Å². The molecule has 49 heavy (non-hydrogen) atoms. The Kier molecular flexibility index (Phi) is 8.21. The van der Waals surface area contributed by atoms with Crippen molar-refractivity contribution in [1.29, 1.82) is 10.8 Å². The predicted octanol–water partition coefficient (Wildman–Crippen LogP) is 9.39. The quantitative estimate of drug-likeness (QED) is 0.160. The average molecular weight is 653 g/mol. The first kappa shape index (κ1) is 33.9. The molecule has 0 atom stereocenters. The lowest BCUT2D eigenvalue weighted by molar-refractivity contribution is 0.225. The van der Waals surface area contributed by atoms with Crippen molar-refractivity contribution in [3.05, 3.63) is 106 Å². The lowest BCUT2D eigenvalue weighted by Crippen LogP contribution is -2.34. The number of fused-ring (bicyclic) bond motifs is 2. The van der Waals surface area contributed by atoms with Gasteiger partial charge in [0.05, 0.1) is 11.4 Å². The number of rotatable bonds is 8. The van der Waals surface area contributed by atoms with Crippen LogP contribution in [-0.2, 0) is 17.3 Å². The smallest absolute Gasteiger partial charge is 0.113 e. The predicted molar refractivity (Wildman–Crippen MR) is 201 cm³/mol. The molecule has 0 saturated heterocycles. The first-order chi connectivity index (χ1) is 23.0. The molecule has 4 aromatic carbocycles. The second kappa shape index (κ2) is 11.9. The van der Waals surface area contributed by atoms with E-state index >= 15 is 0 Å². The molecule has 0 fully saturated rings. The van der Waals surface area contributed by atoms with Gasteiger partial charge in [0.1, 0.15) is 22.1 Å². The van der Waals surface area contributed by atoms with Gasteiger partial charge in [-0.3, -0.25) is 0 Å². The summed E-state index contributed by atoms with van der Waals surface area (Å²) in [6, 6.07) is 24.5. The minimum absolute atomic E-state index is 0.0618. The zero-order chi connectivity index (χ0) is 35.5. The SMILES string of the molecule is CC(C)(C)C(C)(C)c1cc(Cc2cc(C(C)(C)C(C)(C)C)cc(-n3nc4ccccc4n3)c2C=N)c(C=N)c(-n2nc3ccccc3n2)c1. The molecule has 252 valence electrons. The van der Waals surface area contributed by atoms with Crippen LogP contribution in [0.2, 0.25) is 0 Å². The monoisotopic (exact) mass is 652 g/mol. The average Bonchev–Trinajstić information content (AvgIpc) is 3.67. The van der Waals surface area contributed by atoms with E-state index in [2.05, 4.69) is 93.5 Å². The molecule has 2 N–H and O–H groups in total. The van der Waals surface area contributed by atoms with Crippen molar-refractivity contribution in [2.45, 2.75) is 86.5 Å². The van der Waals surface area contributed by atoms with Crippen LogP contribution >= 0.6 is 0 Å². The summed E-state index contributed by atoms with van der Waals surface area (Å²) in [4.78, 5) is 3.36. The van der Waals surface area contributed by atoms with E-state index in [4.69, 9.17) is 31.2 Å². The van der Waals surface area contributed by atoms with Gasteiger partial charge >= 0.3 is 0 Å². The number of hydrogen-bond acceptors (Lipinski definition) is 6. The molecule has 2 aromatic heterocycles. The summed E-state index contributed by atoms with van der Waals surface area (Å²) in [5, 5.41) is 36.9. The van der Waals surface area contributed by atoms with E-state index in [1.807, 2.05) is 48.5 Å². The largest absolute Gasteiger partial charge is 0.308 e. The summed E-state index contributed by atoms with van der Waals surface area (Å²) in [6.45, 7) is 22.6. The van der Waals surface area contributed by atoms with Crippen LogP contribution in [0.3, 0.4) is 0 Å². The third kappa shape index (κ3) is 5.87. The van der Waals surface area contributed by atoms with Gasteiger partial charge in [0.25, 0.3) is 0 Å². The van der Waals surface area contributed by atoms with Gasteiger partial charge in [-0.25, -0.2) is 0 Å². The van der Waals surface area contributed by atoms with Crippen molar-refractivity contribution in [2.75, 3.05) is 0 Å². The highest BCUT2D eigenvalue weighted by Crippen LogP contribution is 2.44. The van der Waals surface area contributed by atoms with E-state index in [1.165, 1.54) is 12.4 Å². The molecule has 0 bridgehead atoms. The maximum Gasteiger partial charge on any atom is 0.113 e. The summed E-state index contributed by atoms with van der Waals surface area (Å²) in [7, 11) is 0. The van der Waals surface area contributed by atoms with E-state index < -0.39 is 0 Å². The third-order valence-corrected chi connectivity index (χ3v) is 11.4. The minimum atomic E-state index is -0.228. The molecule has 0 aliphatic carbocycles. The Hall–Kier alpha value is -4.98. The summed E-state index contributed by atoms with van der Waals surface area (Å²) < 4.78 is 0. The van der Waals surface area contributed by atoms with Crippen LogP contribution < -0.4 is 0 Å². The van der Waals surface area contributed by atoms with Gasteiger partial charge in [-0.1, -0.05) is 106 Å². The molecule has 0 saturated carbocycles.